The van der Waals surface area contributed by atoms with Crippen LogP contribution in [0.15, 0.2) is 45.1 Å². The van der Waals surface area contributed by atoms with Gasteiger partial charge in [0, 0.05) is 15.5 Å². The molecule has 0 aliphatic heterocycles. The molecule has 0 spiro atoms. The summed E-state index contributed by atoms with van der Waals surface area (Å²) in [6.45, 7) is 4.04. The molecule has 0 fully saturated rings. The molecule has 0 bridgehead atoms. The maximum atomic E-state index is 9.32. The van der Waals surface area contributed by atoms with Gasteiger partial charge in [-0.25, -0.2) is 4.98 Å². The molecule has 2 rings (SSSR count). The fraction of sp³-hybridized carbons (Fsp3) is 0.200. The van der Waals surface area contributed by atoms with Crippen molar-refractivity contribution in [3.8, 4) is 6.07 Å². The van der Waals surface area contributed by atoms with Crippen LogP contribution in [-0.4, -0.2) is 11.2 Å². The zero-order valence-corrected chi connectivity index (χ0v) is 12.7. The Morgan fingerprint density at radius 1 is 1.16 bits per heavy atom. The maximum absolute atomic E-state index is 9.32. The first kappa shape index (κ1) is 14.0. The van der Waals surface area contributed by atoms with Crippen molar-refractivity contribution in [3.05, 3.63) is 47.2 Å². The Kier molecular flexibility index (Phi) is 4.52. The van der Waals surface area contributed by atoms with Gasteiger partial charge < -0.3 is 0 Å². The third kappa shape index (κ3) is 3.31. The molecule has 0 saturated carbocycles. The molecule has 2 nitrogen and oxygen atoms in total. The molecule has 19 heavy (non-hydrogen) atoms. The fourth-order valence-electron chi connectivity index (χ4n) is 1.85. The summed E-state index contributed by atoms with van der Waals surface area (Å²) in [5.41, 5.74) is 2.93. The highest BCUT2D eigenvalue weighted by molar-refractivity contribution is 7.99. The van der Waals surface area contributed by atoms with Crippen molar-refractivity contribution < 1.29 is 0 Å². The van der Waals surface area contributed by atoms with E-state index in [-0.39, 0.29) is 0 Å². The largest absolute Gasteiger partial charge is 0.246 e. The first-order chi connectivity index (χ1) is 9.13. The first-order valence-electron chi connectivity index (χ1n) is 5.84. The normalized spacial score (nSPS) is 10.2. The summed E-state index contributed by atoms with van der Waals surface area (Å²) in [5.74, 6) is 0. The summed E-state index contributed by atoms with van der Waals surface area (Å²) in [6, 6.07) is 12.3. The van der Waals surface area contributed by atoms with Gasteiger partial charge in [-0.05, 0) is 49.9 Å². The highest BCUT2D eigenvalue weighted by atomic mass is 32.2. The molecular weight excluding hydrogens is 272 g/mol. The van der Waals surface area contributed by atoms with Crippen LogP contribution in [0, 0.1) is 25.2 Å². The molecule has 1 heterocycles. The van der Waals surface area contributed by atoms with Crippen molar-refractivity contribution in [2.24, 2.45) is 0 Å². The van der Waals surface area contributed by atoms with E-state index in [0.717, 1.165) is 26.1 Å². The van der Waals surface area contributed by atoms with Crippen LogP contribution in [0.4, 0.5) is 0 Å². The summed E-state index contributed by atoms with van der Waals surface area (Å²) in [6.07, 6.45) is 1.99. The van der Waals surface area contributed by atoms with E-state index in [1.165, 1.54) is 5.56 Å². The number of benzene rings is 1. The minimum atomic E-state index is 0.737. The van der Waals surface area contributed by atoms with Gasteiger partial charge >= 0.3 is 0 Å². The number of hydrogen-bond donors (Lipinski definition) is 0. The summed E-state index contributed by atoms with van der Waals surface area (Å²) in [4.78, 5) is 6.48. The Bertz CT molecular complexity index is 625. The van der Waals surface area contributed by atoms with Gasteiger partial charge in [-0.1, -0.05) is 17.8 Å². The number of rotatable bonds is 3. The number of pyridine rings is 1. The van der Waals surface area contributed by atoms with Crippen LogP contribution >= 0.6 is 23.5 Å². The molecule has 1 aromatic carbocycles. The molecule has 96 valence electrons. The smallest absolute Gasteiger partial charge is 0.102 e. The van der Waals surface area contributed by atoms with Gasteiger partial charge in [-0.3, -0.25) is 0 Å². The summed E-state index contributed by atoms with van der Waals surface area (Å²) < 4.78 is 0. The second-order valence-corrected chi connectivity index (χ2v) is 6.08. The highest BCUT2D eigenvalue weighted by Crippen LogP contribution is 2.33. The van der Waals surface area contributed by atoms with Crippen molar-refractivity contribution in [2.45, 2.75) is 28.7 Å². The van der Waals surface area contributed by atoms with Crippen LogP contribution < -0.4 is 0 Å². The minimum Gasteiger partial charge on any atom is -0.246 e. The number of aryl methyl sites for hydroxylation is 2. The van der Waals surface area contributed by atoms with E-state index < -0.39 is 0 Å². The standard InChI is InChI=1S/C15H14N2S2/c1-10-7-11(2)17-15(8-10)19-14-6-4-5-13(18-3)12(14)9-16/h4-8H,1-3H3. The Morgan fingerprint density at radius 3 is 2.53 bits per heavy atom. The number of hydrogen-bond acceptors (Lipinski definition) is 4. The monoisotopic (exact) mass is 286 g/mol. The van der Waals surface area contributed by atoms with Gasteiger partial charge in [0.1, 0.15) is 11.1 Å². The lowest BCUT2D eigenvalue weighted by atomic mass is 10.2. The predicted molar refractivity (Wildman–Crippen MR) is 80.8 cm³/mol. The van der Waals surface area contributed by atoms with Crippen LogP contribution in [0.3, 0.4) is 0 Å². The van der Waals surface area contributed by atoms with E-state index in [1.54, 1.807) is 23.5 Å². The Balaban J connectivity index is 2.41. The molecule has 0 radical (unpaired) electrons. The fourth-order valence-corrected chi connectivity index (χ4v) is 3.55. The summed E-state index contributed by atoms with van der Waals surface area (Å²) in [5, 5.41) is 10.3. The third-order valence-corrected chi connectivity index (χ3v) is 4.37. The van der Waals surface area contributed by atoms with E-state index >= 15 is 0 Å². The number of nitriles is 1. The van der Waals surface area contributed by atoms with Crippen LogP contribution in [-0.2, 0) is 0 Å². The van der Waals surface area contributed by atoms with Gasteiger partial charge in [0.05, 0.1) is 5.56 Å². The highest BCUT2D eigenvalue weighted by Gasteiger charge is 2.09. The summed E-state index contributed by atoms with van der Waals surface area (Å²) >= 11 is 3.14. The average Bonchev–Trinajstić information content (AvgIpc) is 2.37. The molecule has 1 aromatic heterocycles. The van der Waals surface area contributed by atoms with Gasteiger partial charge in [0.15, 0.2) is 0 Å². The van der Waals surface area contributed by atoms with Gasteiger partial charge in [-0.15, -0.1) is 11.8 Å². The molecule has 4 heteroatoms. The number of aromatic nitrogens is 1. The topological polar surface area (TPSA) is 36.7 Å². The van der Waals surface area contributed by atoms with E-state index in [1.807, 2.05) is 43.5 Å². The van der Waals surface area contributed by atoms with Crippen molar-refractivity contribution in [1.82, 2.24) is 4.98 Å². The Hall–Kier alpha value is -1.44. The first-order valence-corrected chi connectivity index (χ1v) is 7.88. The molecule has 0 unspecified atom stereocenters. The van der Waals surface area contributed by atoms with Crippen LogP contribution in [0.25, 0.3) is 0 Å². The van der Waals surface area contributed by atoms with E-state index in [0.29, 0.717) is 0 Å². The zero-order valence-electron chi connectivity index (χ0n) is 11.1. The number of thioether (sulfide) groups is 1. The van der Waals surface area contributed by atoms with Gasteiger partial charge in [0.25, 0.3) is 0 Å². The minimum absolute atomic E-state index is 0.737. The average molecular weight is 286 g/mol. The molecule has 0 aliphatic rings. The molecular formula is C15H14N2S2. The Morgan fingerprint density at radius 2 is 1.89 bits per heavy atom. The number of nitrogens with zero attached hydrogens (tertiary/aromatic N) is 2. The molecule has 2 aromatic rings. The second-order valence-electron chi connectivity index (χ2n) is 4.17. The molecule has 0 saturated heterocycles. The Labute approximate surface area is 122 Å². The van der Waals surface area contributed by atoms with Crippen molar-refractivity contribution in [1.29, 1.82) is 5.26 Å². The molecule has 0 amide bonds. The van der Waals surface area contributed by atoms with E-state index in [4.69, 9.17) is 0 Å². The van der Waals surface area contributed by atoms with Crippen LogP contribution in [0.1, 0.15) is 16.8 Å². The predicted octanol–water partition coefficient (Wildman–Crippen LogP) is 4.44. The van der Waals surface area contributed by atoms with Gasteiger partial charge in [0.2, 0.25) is 0 Å². The van der Waals surface area contributed by atoms with E-state index in [2.05, 4.69) is 18.0 Å². The van der Waals surface area contributed by atoms with Crippen molar-refractivity contribution in [2.75, 3.05) is 6.26 Å². The van der Waals surface area contributed by atoms with E-state index in [9.17, 15) is 5.26 Å². The lowest BCUT2D eigenvalue weighted by Gasteiger charge is -2.08. The quantitative estimate of drug-likeness (QED) is 0.781. The lowest BCUT2D eigenvalue weighted by molar-refractivity contribution is 1.04. The van der Waals surface area contributed by atoms with Crippen molar-refractivity contribution >= 4 is 23.5 Å². The maximum Gasteiger partial charge on any atom is 0.102 e. The second kappa shape index (κ2) is 6.14. The lowest BCUT2D eigenvalue weighted by Crippen LogP contribution is -1.89. The third-order valence-electron chi connectivity index (χ3n) is 2.61. The zero-order chi connectivity index (χ0) is 13.8. The molecule has 0 N–H and O–H groups in total. The van der Waals surface area contributed by atoms with Gasteiger partial charge in [-0.2, -0.15) is 5.26 Å². The van der Waals surface area contributed by atoms with Crippen LogP contribution in [0.2, 0.25) is 0 Å². The molecule has 0 aliphatic carbocycles. The van der Waals surface area contributed by atoms with Crippen LogP contribution in [0.5, 0.6) is 0 Å². The molecule has 0 atom stereocenters. The van der Waals surface area contributed by atoms with Crippen molar-refractivity contribution in [3.63, 3.8) is 0 Å². The summed E-state index contributed by atoms with van der Waals surface area (Å²) in [7, 11) is 0. The SMILES string of the molecule is CSc1cccc(Sc2cc(C)cc(C)n2)c1C#N.